The Hall–Kier alpha value is -3.36. The smallest absolute Gasteiger partial charge is 0.322 e. The number of rotatable bonds is 10. The maximum atomic E-state index is 13.5. The highest BCUT2D eigenvalue weighted by atomic mass is 35.5. The van der Waals surface area contributed by atoms with Crippen molar-refractivity contribution in [3.8, 4) is 0 Å². The van der Waals surface area contributed by atoms with E-state index < -0.39 is 11.8 Å². The molecular weight excluding hydrogens is 461 g/mol. The fourth-order valence-corrected chi connectivity index (χ4v) is 3.47. The normalized spacial score (nSPS) is 10.7. The average Bonchev–Trinajstić information content (AvgIpc) is 3.23. The molecule has 0 saturated carbocycles. The molecule has 0 unspecified atom stereocenters. The number of furan rings is 1. The zero-order valence-electron chi connectivity index (χ0n) is 19.1. The van der Waals surface area contributed by atoms with Gasteiger partial charge in [-0.3, -0.25) is 4.79 Å². The number of hydrogen-bond donors (Lipinski definition) is 1. The van der Waals surface area contributed by atoms with Crippen molar-refractivity contribution in [1.82, 2.24) is 9.80 Å². The number of carbonyl (C=O) groups is 2. The van der Waals surface area contributed by atoms with E-state index in [0.29, 0.717) is 18.0 Å². The van der Waals surface area contributed by atoms with Crippen LogP contribution in [0, 0.1) is 12.7 Å². The van der Waals surface area contributed by atoms with E-state index in [1.165, 1.54) is 24.1 Å². The second-order valence-electron chi connectivity index (χ2n) is 7.72. The number of amides is 3. The Bertz CT molecular complexity index is 1110. The SMILES string of the molecule is COCCN(CC(=O)N(Cc1ccccc1)Cc1ccc(C)o1)C(=O)Nc1ccc(F)c(Cl)c1. The monoisotopic (exact) mass is 487 g/mol. The number of carbonyl (C=O) groups excluding carboxylic acids is 2. The summed E-state index contributed by atoms with van der Waals surface area (Å²) in [7, 11) is 1.51. The van der Waals surface area contributed by atoms with Crippen LogP contribution in [-0.2, 0) is 22.6 Å². The molecule has 3 aromatic rings. The van der Waals surface area contributed by atoms with Gasteiger partial charge in [0.15, 0.2) is 0 Å². The minimum atomic E-state index is -0.587. The molecule has 180 valence electrons. The van der Waals surface area contributed by atoms with E-state index >= 15 is 0 Å². The molecule has 1 aromatic heterocycles. The molecule has 34 heavy (non-hydrogen) atoms. The summed E-state index contributed by atoms with van der Waals surface area (Å²) in [4.78, 5) is 29.2. The highest BCUT2D eigenvalue weighted by Gasteiger charge is 2.23. The summed E-state index contributed by atoms with van der Waals surface area (Å²) < 4.78 is 24.2. The number of ether oxygens (including phenoxy) is 1. The van der Waals surface area contributed by atoms with Crippen LogP contribution in [-0.4, -0.2) is 48.5 Å². The minimum absolute atomic E-state index is 0.111. The number of aryl methyl sites for hydroxylation is 1. The second kappa shape index (κ2) is 12.2. The van der Waals surface area contributed by atoms with Gasteiger partial charge in [-0.2, -0.15) is 0 Å². The molecule has 9 heteroatoms. The van der Waals surface area contributed by atoms with E-state index in [1.807, 2.05) is 49.4 Å². The van der Waals surface area contributed by atoms with E-state index in [-0.39, 0.29) is 37.2 Å². The fourth-order valence-electron chi connectivity index (χ4n) is 3.29. The first-order valence-electron chi connectivity index (χ1n) is 10.7. The molecule has 0 radical (unpaired) electrons. The molecule has 0 aliphatic rings. The maximum Gasteiger partial charge on any atom is 0.322 e. The Morgan fingerprint density at radius 2 is 1.82 bits per heavy atom. The second-order valence-corrected chi connectivity index (χ2v) is 8.13. The van der Waals surface area contributed by atoms with E-state index in [9.17, 15) is 14.0 Å². The van der Waals surface area contributed by atoms with Gasteiger partial charge in [-0.15, -0.1) is 0 Å². The van der Waals surface area contributed by atoms with Gasteiger partial charge in [0.05, 0.1) is 18.2 Å². The van der Waals surface area contributed by atoms with Crippen molar-refractivity contribution in [3.63, 3.8) is 0 Å². The molecule has 1 N–H and O–H groups in total. The number of anilines is 1. The van der Waals surface area contributed by atoms with Crippen molar-refractivity contribution >= 4 is 29.2 Å². The van der Waals surface area contributed by atoms with E-state index in [0.717, 1.165) is 17.4 Å². The van der Waals surface area contributed by atoms with Crippen molar-refractivity contribution in [3.05, 3.63) is 88.6 Å². The molecule has 0 saturated heterocycles. The molecule has 0 fully saturated rings. The number of hydrogen-bond acceptors (Lipinski definition) is 4. The fraction of sp³-hybridized carbons (Fsp3) is 0.280. The van der Waals surface area contributed by atoms with Crippen LogP contribution in [0.1, 0.15) is 17.1 Å². The summed E-state index contributed by atoms with van der Waals surface area (Å²) in [5.41, 5.74) is 1.27. The number of nitrogens with zero attached hydrogens (tertiary/aromatic N) is 2. The number of nitrogens with one attached hydrogen (secondary N) is 1. The molecule has 0 atom stereocenters. The van der Waals surface area contributed by atoms with Crippen molar-refractivity contribution < 1.29 is 23.1 Å². The third kappa shape index (κ3) is 7.33. The molecule has 2 aromatic carbocycles. The quantitative estimate of drug-likeness (QED) is 0.432. The third-order valence-electron chi connectivity index (χ3n) is 5.06. The summed E-state index contributed by atoms with van der Waals surface area (Å²) in [6.45, 7) is 2.69. The molecule has 1 heterocycles. The van der Waals surface area contributed by atoms with Gasteiger partial charge in [0.25, 0.3) is 0 Å². The first-order valence-corrected chi connectivity index (χ1v) is 11.1. The lowest BCUT2D eigenvalue weighted by molar-refractivity contribution is -0.133. The molecule has 0 aliphatic heterocycles. The maximum absolute atomic E-state index is 13.5. The van der Waals surface area contributed by atoms with Crippen molar-refractivity contribution in [2.75, 3.05) is 32.1 Å². The van der Waals surface area contributed by atoms with Gasteiger partial charge >= 0.3 is 6.03 Å². The molecule has 0 bridgehead atoms. The Morgan fingerprint density at radius 1 is 1.06 bits per heavy atom. The first-order chi connectivity index (χ1) is 16.4. The van der Waals surface area contributed by atoms with Crippen LogP contribution in [0.5, 0.6) is 0 Å². The van der Waals surface area contributed by atoms with E-state index in [2.05, 4.69) is 5.32 Å². The van der Waals surface area contributed by atoms with Gasteiger partial charge in [-0.1, -0.05) is 41.9 Å². The summed E-state index contributed by atoms with van der Waals surface area (Å²) in [6, 6.07) is 16.6. The Morgan fingerprint density at radius 3 is 2.47 bits per heavy atom. The zero-order chi connectivity index (χ0) is 24.5. The number of halogens is 2. The first kappa shape index (κ1) is 25.3. The van der Waals surface area contributed by atoms with E-state index in [4.69, 9.17) is 20.8 Å². The molecule has 7 nitrogen and oxygen atoms in total. The highest BCUT2D eigenvalue weighted by molar-refractivity contribution is 6.31. The lowest BCUT2D eigenvalue weighted by atomic mass is 10.2. The number of methoxy groups -OCH3 is 1. The summed E-state index contributed by atoms with van der Waals surface area (Å²) in [5, 5.41) is 2.55. The Labute approximate surface area is 203 Å². The molecular formula is C25H27ClFN3O4. The number of benzene rings is 2. The average molecular weight is 488 g/mol. The standard InChI is InChI=1S/C25H27ClFN3O4/c1-18-8-10-21(34-18)16-30(15-19-6-4-3-5-7-19)24(31)17-29(12-13-33-2)25(32)28-20-9-11-23(27)22(26)14-20/h3-11,14H,12-13,15-17H2,1-2H3,(H,28,32). The molecule has 0 aliphatic carbocycles. The molecule has 0 spiro atoms. The summed E-state index contributed by atoms with van der Waals surface area (Å²) in [6.07, 6.45) is 0. The van der Waals surface area contributed by atoms with Crippen LogP contribution in [0.4, 0.5) is 14.9 Å². The van der Waals surface area contributed by atoms with Crippen molar-refractivity contribution in [2.45, 2.75) is 20.0 Å². The van der Waals surface area contributed by atoms with Crippen LogP contribution in [0.2, 0.25) is 5.02 Å². The van der Waals surface area contributed by atoms with Crippen LogP contribution in [0.3, 0.4) is 0 Å². The number of urea groups is 1. The van der Waals surface area contributed by atoms with Gasteiger partial charge < -0.3 is 24.3 Å². The van der Waals surface area contributed by atoms with Gasteiger partial charge in [0.1, 0.15) is 23.9 Å². The topological polar surface area (TPSA) is 75.0 Å². The Kier molecular flexibility index (Phi) is 9.07. The predicted molar refractivity (Wildman–Crippen MR) is 128 cm³/mol. The molecule has 3 amide bonds. The van der Waals surface area contributed by atoms with Crippen LogP contribution < -0.4 is 5.32 Å². The van der Waals surface area contributed by atoms with Crippen LogP contribution >= 0.6 is 11.6 Å². The summed E-state index contributed by atoms with van der Waals surface area (Å²) >= 11 is 5.81. The predicted octanol–water partition coefficient (Wildman–Crippen LogP) is 5.09. The van der Waals surface area contributed by atoms with Crippen LogP contribution in [0.15, 0.2) is 65.1 Å². The van der Waals surface area contributed by atoms with Gasteiger partial charge in [0, 0.05) is 25.9 Å². The Balaban J connectivity index is 1.75. The summed E-state index contributed by atoms with van der Waals surface area (Å²) in [5.74, 6) is 0.550. The van der Waals surface area contributed by atoms with Gasteiger partial charge in [0.2, 0.25) is 5.91 Å². The third-order valence-corrected chi connectivity index (χ3v) is 5.35. The molecule has 3 rings (SSSR count). The van der Waals surface area contributed by atoms with Gasteiger partial charge in [-0.05, 0) is 42.8 Å². The zero-order valence-corrected chi connectivity index (χ0v) is 19.8. The highest BCUT2D eigenvalue weighted by Crippen LogP contribution is 2.20. The minimum Gasteiger partial charge on any atom is -0.464 e. The van der Waals surface area contributed by atoms with E-state index in [1.54, 1.807) is 4.90 Å². The lowest BCUT2D eigenvalue weighted by Crippen LogP contribution is -2.45. The van der Waals surface area contributed by atoms with Crippen LogP contribution in [0.25, 0.3) is 0 Å². The van der Waals surface area contributed by atoms with Gasteiger partial charge in [-0.25, -0.2) is 9.18 Å². The lowest BCUT2D eigenvalue weighted by Gasteiger charge is -2.27. The largest absolute Gasteiger partial charge is 0.464 e. The van der Waals surface area contributed by atoms with Crippen molar-refractivity contribution in [1.29, 1.82) is 0 Å². The van der Waals surface area contributed by atoms with Crippen molar-refractivity contribution in [2.24, 2.45) is 0 Å².